The molecule has 1 heterocycles. The van der Waals surface area contributed by atoms with E-state index in [0.717, 1.165) is 12.2 Å². The minimum absolute atomic E-state index is 0.0709. The zero-order valence-electron chi connectivity index (χ0n) is 12.0. The van der Waals surface area contributed by atoms with Gasteiger partial charge in [-0.2, -0.15) is 0 Å². The van der Waals surface area contributed by atoms with Gasteiger partial charge in [0.15, 0.2) is 4.67 Å². The number of furan rings is 1. The topological polar surface area (TPSA) is 59.5 Å². The lowest BCUT2D eigenvalue weighted by Crippen LogP contribution is -2.41. The minimum atomic E-state index is -0.492. The second kappa shape index (κ2) is 7.43. The van der Waals surface area contributed by atoms with Crippen molar-refractivity contribution in [3.8, 4) is 0 Å². The molecule has 0 fully saturated rings. The van der Waals surface area contributed by atoms with Crippen molar-refractivity contribution < 1.29 is 9.21 Å². The predicted molar refractivity (Wildman–Crippen MR) is 85.6 cm³/mol. The fourth-order valence-electron chi connectivity index (χ4n) is 2.12. The maximum atomic E-state index is 12.2. The molecule has 0 aliphatic carbocycles. The van der Waals surface area contributed by atoms with Crippen LogP contribution in [0.3, 0.4) is 0 Å². The lowest BCUT2D eigenvalue weighted by atomic mass is 10.1. The van der Waals surface area contributed by atoms with Crippen LogP contribution in [0.1, 0.15) is 17.7 Å². The van der Waals surface area contributed by atoms with Crippen LogP contribution >= 0.6 is 15.9 Å². The Hall–Kier alpha value is -1.59. The minimum Gasteiger partial charge on any atom is -0.452 e. The molecular formula is C16H19BrN2O2. The average Bonchev–Trinajstić information content (AvgIpc) is 2.90. The summed E-state index contributed by atoms with van der Waals surface area (Å²) in [5.74, 6) is 0.659. The summed E-state index contributed by atoms with van der Waals surface area (Å²) in [6, 6.07) is 13.2. The number of likely N-dealkylation sites (N-methyl/N-ethyl adjacent to an activating group) is 1. The molecule has 0 aliphatic heterocycles. The molecule has 1 amide bonds. The maximum Gasteiger partial charge on any atom is 0.239 e. The van der Waals surface area contributed by atoms with E-state index in [0.29, 0.717) is 17.6 Å². The summed E-state index contributed by atoms with van der Waals surface area (Å²) in [6.45, 7) is 0.420. The number of nitrogens with zero attached hydrogens (tertiary/aromatic N) is 1. The van der Waals surface area contributed by atoms with E-state index in [4.69, 9.17) is 10.2 Å². The summed E-state index contributed by atoms with van der Waals surface area (Å²) in [6.07, 6.45) is 1.43. The van der Waals surface area contributed by atoms with Gasteiger partial charge < -0.3 is 15.1 Å². The number of rotatable bonds is 6. The van der Waals surface area contributed by atoms with Crippen molar-refractivity contribution in [1.82, 2.24) is 4.90 Å². The summed E-state index contributed by atoms with van der Waals surface area (Å²) < 4.78 is 6.05. The fraction of sp³-hybridized carbons (Fsp3) is 0.312. The Morgan fingerprint density at radius 1 is 1.29 bits per heavy atom. The lowest BCUT2D eigenvalue weighted by molar-refractivity contribution is -0.132. The van der Waals surface area contributed by atoms with E-state index in [1.54, 1.807) is 11.9 Å². The highest BCUT2D eigenvalue weighted by atomic mass is 79.9. The first-order valence-corrected chi connectivity index (χ1v) is 7.64. The van der Waals surface area contributed by atoms with Crippen LogP contribution in [0.2, 0.25) is 0 Å². The first kappa shape index (κ1) is 15.8. The highest BCUT2D eigenvalue weighted by Crippen LogP contribution is 2.15. The van der Waals surface area contributed by atoms with Gasteiger partial charge in [0.05, 0.1) is 12.6 Å². The molecule has 0 aliphatic rings. The van der Waals surface area contributed by atoms with Crippen molar-refractivity contribution in [2.24, 2.45) is 5.73 Å². The molecule has 4 nitrogen and oxygen atoms in total. The van der Waals surface area contributed by atoms with Crippen LogP contribution in [-0.2, 0) is 17.8 Å². The Labute approximate surface area is 133 Å². The van der Waals surface area contributed by atoms with Gasteiger partial charge in [0, 0.05) is 7.05 Å². The SMILES string of the molecule is CN(Cc1ccc(Br)o1)C(=O)[C@@H](N)CCc1ccccc1. The Morgan fingerprint density at radius 2 is 2.00 bits per heavy atom. The van der Waals surface area contributed by atoms with E-state index in [2.05, 4.69) is 15.9 Å². The number of hydrogen-bond acceptors (Lipinski definition) is 3. The van der Waals surface area contributed by atoms with E-state index in [9.17, 15) is 4.79 Å². The molecule has 5 heteroatoms. The van der Waals surface area contributed by atoms with Crippen LogP contribution in [0, 0.1) is 0 Å². The van der Waals surface area contributed by atoms with Crippen molar-refractivity contribution in [3.05, 3.63) is 58.5 Å². The molecule has 2 aromatic rings. The van der Waals surface area contributed by atoms with Gasteiger partial charge >= 0.3 is 0 Å². The van der Waals surface area contributed by atoms with Crippen molar-refractivity contribution >= 4 is 21.8 Å². The molecule has 0 radical (unpaired) electrons. The van der Waals surface area contributed by atoms with Crippen LogP contribution in [0.25, 0.3) is 0 Å². The van der Waals surface area contributed by atoms with Gasteiger partial charge in [-0.3, -0.25) is 4.79 Å². The Bertz CT molecular complexity index is 583. The number of nitrogens with two attached hydrogens (primary N) is 1. The standard InChI is InChI=1S/C16H19BrN2O2/c1-19(11-13-8-10-15(17)21-13)16(20)14(18)9-7-12-5-3-2-4-6-12/h2-6,8,10,14H,7,9,11,18H2,1H3/t14-/m0/s1. The number of benzene rings is 1. The fourth-order valence-corrected chi connectivity index (χ4v) is 2.46. The molecule has 1 atom stereocenters. The Balaban J connectivity index is 1.83. The van der Waals surface area contributed by atoms with Gasteiger partial charge in [0.1, 0.15) is 5.76 Å². The quantitative estimate of drug-likeness (QED) is 0.871. The molecule has 0 spiro atoms. The van der Waals surface area contributed by atoms with Gasteiger partial charge in [0.2, 0.25) is 5.91 Å². The van der Waals surface area contributed by atoms with Crippen LogP contribution in [0.4, 0.5) is 0 Å². The molecule has 0 unspecified atom stereocenters. The number of amides is 1. The third kappa shape index (κ3) is 4.72. The van der Waals surface area contributed by atoms with Gasteiger partial charge in [-0.15, -0.1) is 0 Å². The van der Waals surface area contributed by atoms with Gasteiger partial charge in [-0.1, -0.05) is 30.3 Å². The van der Waals surface area contributed by atoms with E-state index in [1.807, 2.05) is 42.5 Å². The number of carbonyl (C=O) groups is 1. The van der Waals surface area contributed by atoms with Crippen LogP contribution < -0.4 is 5.73 Å². The average molecular weight is 351 g/mol. The number of halogens is 1. The molecule has 0 saturated heterocycles. The smallest absolute Gasteiger partial charge is 0.239 e. The van der Waals surface area contributed by atoms with E-state index in [-0.39, 0.29) is 5.91 Å². The largest absolute Gasteiger partial charge is 0.452 e. The summed E-state index contributed by atoms with van der Waals surface area (Å²) in [5.41, 5.74) is 7.19. The van der Waals surface area contributed by atoms with E-state index >= 15 is 0 Å². The highest BCUT2D eigenvalue weighted by Gasteiger charge is 2.19. The predicted octanol–water partition coefficient (Wildman–Crippen LogP) is 2.96. The van der Waals surface area contributed by atoms with Gasteiger partial charge in [-0.25, -0.2) is 0 Å². The number of hydrogen-bond donors (Lipinski definition) is 1. The Morgan fingerprint density at radius 3 is 2.62 bits per heavy atom. The molecule has 112 valence electrons. The molecule has 1 aromatic carbocycles. The summed E-state index contributed by atoms with van der Waals surface area (Å²) in [5, 5.41) is 0. The second-order valence-electron chi connectivity index (χ2n) is 5.03. The summed E-state index contributed by atoms with van der Waals surface area (Å²) in [7, 11) is 1.74. The molecule has 0 saturated carbocycles. The zero-order chi connectivity index (χ0) is 15.2. The summed E-state index contributed by atoms with van der Waals surface area (Å²) >= 11 is 3.24. The van der Waals surface area contributed by atoms with Crippen LogP contribution in [0.5, 0.6) is 0 Å². The second-order valence-corrected chi connectivity index (χ2v) is 5.81. The third-order valence-corrected chi connectivity index (χ3v) is 3.73. The molecule has 2 N–H and O–H groups in total. The molecule has 1 aromatic heterocycles. The van der Waals surface area contributed by atoms with Crippen molar-refractivity contribution in [3.63, 3.8) is 0 Å². The third-order valence-electron chi connectivity index (χ3n) is 3.30. The van der Waals surface area contributed by atoms with Crippen molar-refractivity contribution in [1.29, 1.82) is 0 Å². The summed E-state index contributed by atoms with van der Waals surface area (Å²) in [4.78, 5) is 13.8. The maximum absolute atomic E-state index is 12.2. The Kier molecular flexibility index (Phi) is 5.59. The molecular weight excluding hydrogens is 332 g/mol. The first-order chi connectivity index (χ1) is 10.1. The molecule has 0 bridgehead atoms. The lowest BCUT2D eigenvalue weighted by Gasteiger charge is -2.20. The number of aryl methyl sites for hydroxylation is 1. The zero-order valence-corrected chi connectivity index (χ0v) is 13.5. The monoisotopic (exact) mass is 350 g/mol. The highest BCUT2D eigenvalue weighted by molar-refractivity contribution is 9.10. The van der Waals surface area contributed by atoms with Crippen LogP contribution in [0.15, 0.2) is 51.6 Å². The first-order valence-electron chi connectivity index (χ1n) is 6.85. The normalized spacial score (nSPS) is 12.1. The molecule has 2 rings (SSSR count). The van der Waals surface area contributed by atoms with E-state index < -0.39 is 6.04 Å². The number of carbonyl (C=O) groups excluding carboxylic acids is 1. The van der Waals surface area contributed by atoms with Crippen molar-refractivity contribution in [2.75, 3.05) is 7.05 Å². The van der Waals surface area contributed by atoms with Gasteiger partial charge in [-0.05, 0) is 46.5 Å². The van der Waals surface area contributed by atoms with Crippen molar-refractivity contribution in [2.45, 2.75) is 25.4 Å². The van der Waals surface area contributed by atoms with Crippen LogP contribution in [-0.4, -0.2) is 23.9 Å². The van der Waals surface area contributed by atoms with E-state index in [1.165, 1.54) is 5.56 Å². The molecule has 21 heavy (non-hydrogen) atoms. The van der Waals surface area contributed by atoms with Gasteiger partial charge in [0.25, 0.3) is 0 Å².